The summed E-state index contributed by atoms with van der Waals surface area (Å²) in [6.07, 6.45) is 8.57. The Kier molecular flexibility index (Phi) is 11.7. The van der Waals surface area contributed by atoms with Gasteiger partial charge in [-0.05, 0) is 12.3 Å². The zero-order chi connectivity index (χ0) is 15.4. The smallest absolute Gasteiger partial charge is 0.222 e. The van der Waals surface area contributed by atoms with Crippen LogP contribution in [-0.2, 0) is 4.79 Å². The zero-order valence-corrected chi connectivity index (χ0v) is 14.3. The van der Waals surface area contributed by atoms with E-state index in [9.17, 15) is 4.79 Å². The number of hydrogen-bond donors (Lipinski definition) is 1. The van der Waals surface area contributed by atoms with Crippen LogP contribution in [0, 0.1) is 5.92 Å². The van der Waals surface area contributed by atoms with Gasteiger partial charge in [0.1, 0.15) is 0 Å². The summed E-state index contributed by atoms with van der Waals surface area (Å²) >= 11 is 4.90. The Balaban J connectivity index is 3.97. The molecule has 0 atom stereocenters. The van der Waals surface area contributed by atoms with E-state index >= 15 is 0 Å². The van der Waals surface area contributed by atoms with E-state index in [1.165, 1.54) is 25.7 Å². The number of carbonyl (C=O) groups excluding carboxylic acids is 1. The molecule has 0 unspecified atom stereocenters. The molecule has 0 rings (SSSR count). The number of carbonyl (C=O) groups is 1. The van der Waals surface area contributed by atoms with Gasteiger partial charge in [-0.3, -0.25) is 4.79 Å². The second kappa shape index (κ2) is 12.1. The average Bonchev–Trinajstić information content (AvgIpc) is 2.37. The van der Waals surface area contributed by atoms with Crippen molar-refractivity contribution in [3.63, 3.8) is 0 Å². The summed E-state index contributed by atoms with van der Waals surface area (Å²) in [6.45, 7) is 7.95. The molecule has 0 saturated carbocycles. The molecular formula is C16H32N2OS. The number of hydrogen-bond acceptors (Lipinski definition) is 2. The molecule has 0 heterocycles. The van der Waals surface area contributed by atoms with E-state index in [4.69, 9.17) is 18.0 Å². The monoisotopic (exact) mass is 300 g/mol. The Morgan fingerprint density at radius 2 is 1.70 bits per heavy atom. The highest BCUT2D eigenvalue weighted by molar-refractivity contribution is 7.80. The van der Waals surface area contributed by atoms with Gasteiger partial charge in [0.05, 0.1) is 4.99 Å². The van der Waals surface area contributed by atoms with Crippen molar-refractivity contribution in [3.8, 4) is 0 Å². The molecule has 0 spiro atoms. The van der Waals surface area contributed by atoms with Crippen LogP contribution in [0.2, 0.25) is 0 Å². The Morgan fingerprint density at radius 1 is 1.10 bits per heavy atom. The predicted molar refractivity (Wildman–Crippen MR) is 90.8 cm³/mol. The summed E-state index contributed by atoms with van der Waals surface area (Å²) < 4.78 is 0. The van der Waals surface area contributed by atoms with Gasteiger partial charge in [0, 0.05) is 25.9 Å². The van der Waals surface area contributed by atoms with Crippen LogP contribution in [0.3, 0.4) is 0 Å². The summed E-state index contributed by atoms with van der Waals surface area (Å²) in [5.74, 6) is 0.736. The summed E-state index contributed by atoms with van der Waals surface area (Å²) in [4.78, 5) is 14.6. The van der Waals surface area contributed by atoms with Crippen LogP contribution in [0.5, 0.6) is 0 Å². The van der Waals surface area contributed by atoms with Crippen LogP contribution in [-0.4, -0.2) is 28.9 Å². The van der Waals surface area contributed by atoms with E-state index in [1.54, 1.807) is 0 Å². The van der Waals surface area contributed by atoms with Gasteiger partial charge < -0.3 is 10.6 Å². The summed E-state index contributed by atoms with van der Waals surface area (Å²) in [6, 6.07) is 0. The number of thiocarbonyl (C=S) groups is 1. The number of rotatable bonds is 12. The first-order chi connectivity index (χ1) is 9.47. The molecule has 0 aliphatic heterocycles. The minimum Gasteiger partial charge on any atom is -0.393 e. The van der Waals surface area contributed by atoms with Crippen molar-refractivity contribution in [3.05, 3.63) is 0 Å². The number of nitrogens with zero attached hydrogens (tertiary/aromatic N) is 1. The van der Waals surface area contributed by atoms with Crippen LogP contribution in [0.15, 0.2) is 0 Å². The summed E-state index contributed by atoms with van der Waals surface area (Å²) in [5, 5.41) is 0. The molecular weight excluding hydrogens is 268 g/mol. The lowest BCUT2D eigenvalue weighted by molar-refractivity contribution is -0.131. The molecule has 0 radical (unpaired) electrons. The van der Waals surface area contributed by atoms with Crippen molar-refractivity contribution in [1.82, 2.24) is 4.90 Å². The highest BCUT2D eigenvalue weighted by Crippen LogP contribution is 2.10. The SMILES string of the molecule is CCCCCCCCC(=O)N(CCC(N)=S)CC(C)C. The van der Waals surface area contributed by atoms with E-state index in [0.717, 1.165) is 19.4 Å². The van der Waals surface area contributed by atoms with Gasteiger partial charge in [0.2, 0.25) is 5.91 Å². The van der Waals surface area contributed by atoms with E-state index in [-0.39, 0.29) is 5.91 Å². The predicted octanol–water partition coefficient (Wildman–Crippen LogP) is 3.90. The maximum Gasteiger partial charge on any atom is 0.222 e. The van der Waals surface area contributed by atoms with E-state index in [2.05, 4.69) is 20.8 Å². The van der Waals surface area contributed by atoms with Gasteiger partial charge >= 0.3 is 0 Å². The van der Waals surface area contributed by atoms with Crippen molar-refractivity contribution in [1.29, 1.82) is 0 Å². The minimum absolute atomic E-state index is 0.255. The lowest BCUT2D eigenvalue weighted by Crippen LogP contribution is -2.36. The van der Waals surface area contributed by atoms with Crippen LogP contribution in [0.4, 0.5) is 0 Å². The van der Waals surface area contributed by atoms with E-state index in [1.807, 2.05) is 4.90 Å². The fourth-order valence-electron chi connectivity index (χ4n) is 2.22. The zero-order valence-electron chi connectivity index (χ0n) is 13.5. The molecule has 0 aromatic rings. The molecule has 1 amide bonds. The van der Waals surface area contributed by atoms with Crippen LogP contribution in [0.1, 0.15) is 72.1 Å². The molecule has 0 aromatic heterocycles. The third kappa shape index (κ3) is 11.2. The van der Waals surface area contributed by atoms with Gasteiger partial charge in [0.25, 0.3) is 0 Å². The second-order valence-corrected chi connectivity index (χ2v) is 6.49. The standard InChI is InChI=1S/C16H32N2OS/c1-4-5-6-7-8-9-10-16(19)18(13-14(2)3)12-11-15(17)20/h14H,4-13H2,1-3H3,(H2,17,20). The highest BCUT2D eigenvalue weighted by Gasteiger charge is 2.14. The minimum atomic E-state index is 0.255. The first kappa shape index (κ1) is 19.4. The van der Waals surface area contributed by atoms with Gasteiger partial charge in [0.15, 0.2) is 0 Å². The maximum atomic E-state index is 12.2. The van der Waals surface area contributed by atoms with Gasteiger partial charge in [-0.15, -0.1) is 0 Å². The molecule has 4 heteroatoms. The topological polar surface area (TPSA) is 46.3 Å². The Labute approximate surface area is 130 Å². The molecule has 0 aliphatic carbocycles. The molecule has 0 saturated heterocycles. The number of nitrogens with two attached hydrogens (primary N) is 1. The largest absolute Gasteiger partial charge is 0.393 e. The third-order valence-electron chi connectivity index (χ3n) is 3.31. The fourth-order valence-corrected chi connectivity index (χ4v) is 2.31. The van der Waals surface area contributed by atoms with Crippen LogP contribution < -0.4 is 5.73 Å². The molecule has 3 nitrogen and oxygen atoms in total. The molecule has 0 aromatic carbocycles. The maximum absolute atomic E-state index is 12.2. The number of amides is 1. The van der Waals surface area contributed by atoms with E-state index in [0.29, 0.717) is 30.3 Å². The first-order valence-electron chi connectivity index (χ1n) is 8.03. The molecule has 2 N–H and O–H groups in total. The van der Waals surface area contributed by atoms with Crippen LogP contribution >= 0.6 is 12.2 Å². The highest BCUT2D eigenvalue weighted by atomic mass is 32.1. The lowest BCUT2D eigenvalue weighted by Gasteiger charge is -2.24. The molecule has 118 valence electrons. The second-order valence-electron chi connectivity index (χ2n) is 5.97. The fraction of sp³-hybridized carbons (Fsp3) is 0.875. The Morgan fingerprint density at radius 3 is 2.25 bits per heavy atom. The summed E-state index contributed by atoms with van der Waals surface area (Å²) in [5.41, 5.74) is 5.53. The van der Waals surface area contributed by atoms with Crippen molar-refractivity contribution in [2.45, 2.75) is 72.1 Å². The van der Waals surface area contributed by atoms with Gasteiger partial charge in [-0.25, -0.2) is 0 Å². The quantitative estimate of drug-likeness (QED) is 0.439. The molecule has 0 fully saturated rings. The van der Waals surface area contributed by atoms with Crippen molar-refractivity contribution < 1.29 is 4.79 Å². The average molecular weight is 301 g/mol. The Hall–Kier alpha value is -0.640. The molecule has 20 heavy (non-hydrogen) atoms. The molecule has 0 aliphatic rings. The van der Waals surface area contributed by atoms with Crippen molar-refractivity contribution >= 4 is 23.1 Å². The first-order valence-corrected chi connectivity index (χ1v) is 8.44. The van der Waals surface area contributed by atoms with Crippen LogP contribution in [0.25, 0.3) is 0 Å². The third-order valence-corrected chi connectivity index (χ3v) is 3.51. The lowest BCUT2D eigenvalue weighted by atomic mass is 10.1. The van der Waals surface area contributed by atoms with E-state index < -0.39 is 0 Å². The van der Waals surface area contributed by atoms with Gasteiger partial charge in [-0.1, -0.05) is 65.1 Å². The van der Waals surface area contributed by atoms with Crippen molar-refractivity contribution in [2.75, 3.05) is 13.1 Å². The normalized spacial score (nSPS) is 10.8. The summed E-state index contributed by atoms with van der Waals surface area (Å²) in [7, 11) is 0. The van der Waals surface area contributed by atoms with Crippen molar-refractivity contribution in [2.24, 2.45) is 11.7 Å². The number of unbranched alkanes of at least 4 members (excludes halogenated alkanes) is 5. The Bertz CT molecular complexity index is 280. The van der Waals surface area contributed by atoms with Gasteiger partial charge in [-0.2, -0.15) is 0 Å². The molecule has 0 bridgehead atoms.